The van der Waals surface area contributed by atoms with Crippen LogP contribution < -0.4 is 5.32 Å². The van der Waals surface area contributed by atoms with Crippen LogP contribution in [0.15, 0.2) is 84.9 Å². The first-order valence-corrected chi connectivity index (χ1v) is 13.0. The quantitative estimate of drug-likeness (QED) is 0.403. The van der Waals surface area contributed by atoms with Gasteiger partial charge < -0.3 is 10.4 Å². The molecule has 1 saturated carbocycles. The lowest BCUT2D eigenvalue weighted by atomic mass is 9.93. The zero-order valence-corrected chi connectivity index (χ0v) is 20.6. The van der Waals surface area contributed by atoms with Crippen LogP contribution in [0.4, 0.5) is 0 Å². The third-order valence-corrected chi connectivity index (χ3v) is 7.03. The molecule has 0 bridgehead atoms. The number of benzene rings is 3. The van der Waals surface area contributed by atoms with Crippen molar-refractivity contribution < 1.29 is 9.90 Å². The lowest BCUT2D eigenvalue weighted by Crippen LogP contribution is -2.46. The van der Waals surface area contributed by atoms with Crippen LogP contribution in [0.1, 0.15) is 59.2 Å². The summed E-state index contributed by atoms with van der Waals surface area (Å²) in [5.74, 6) is -0.135. The summed E-state index contributed by atoms with van der Waals surface area (Å²) >= 11 is 0. The third-order valence-electron chi connectivity index (χ3n) is 7.03. The standard InChI is InChI=1S/C31H38N2O2/c34-30(24-33(29-14-8-3-9-15-29)21-20-25-10-4-1-5-11-25)23-32-31(35)28-18-16-27(17-19-28)22-26-12-6-2-7-13-26/h1-2,4-7,10-13,16-19,29-30,34H,3,8-9,14-15,20-24H2,(H,32,35). The highest BCUT2D eigenvalue weighted by Gasteiger charge is 2.23. The molecule has 3 aromatic rings. The van der Waals surface area contributed by atoms with E-state index in [0.717, 1.165) is 19.4 Å². The number of aliphatic hydroxyl groups excluding tert-OH is 1. The second kappa shape index (κ2) is 13.2. The molecule has 4 rings (SSSR count). The van der Waals surface area contributed by atoms with Crippen LogP contribution in [-0.4, -0.2) is 47.7 Å². The molecule has 0 aliphatic heterocycles. The van der Waals surface area contributed by atoms with Crippen molar-refractivity contribution in [1.82, 2.24) is 10.2 Å². The van der Waals surface area contributed by atoms with Crippen molar-refractivity contribution in [3.63, 3.8) is 0 Å². The zero-order chi connectivity index (χ0) is 24.3. The Balaban J connectivity index is 1.27. The Labute approximate surface area is 210 Å². The highest BCUT2D eigenvalue weighted by Crippen LogP contribution is 2.23. The van der Waals surface area contributed by atoms with E-state index >= 15 is 0 Å². The fourth-order valence-corrected chi connectivity index (χ4v) is 5.04. The first-order chi connectivity index (χ1) is 17.2. The first-order valence-electron chi connectivity index (χ1n) is 13.0. The molecule has 1 atom stereocenters. The summed E-state index contributed by atoms with van der Waals surface area (Å²) in [5, 5.41) is 13.7. The molecule has 0 saturated heterocycles. The van der Waals surface area contributed by atoms with Gasteiger partial charge in [0.25, 0.3) is 5.91 Å². The number of aliphatic hydroxyl groups is 1. The van der Waals surface area contributed by atoms with Crippen molar-refractivity contribution in [2.24, 2.45) is 0 Å². The minimum Gasteiger partial charge on any atom is -0.390 e. The summed E-state index contributed by atoms with van der Waals surface area (Å²) in [5.41, 5.74) is 4.38. The first kappa shape index (κ1) is 25.2. The van der Waals surface area contributed by atoms with Crippen LogP contribution in [0.2, 0.25) is 0 Å². The largest absolute Gasteiger partial charge is 0.390 e. The Hall–Kier alpha value is -2.95. The summed E-state index contributed by atoms with van der Waals surface area (Å²) in [6, 6.07) is 29.1. The fraction of sp³-hybridized carbons (Fsp3) is 0.387. The molecule has 35 heavy (non-hydrogen) atoms. The molecule has 1 unspecified atom stereocenters. The van der Waals surface area contributed by atoms with Gasteiger partial charge in [0, 0.05) is 31.2 Å². The molecule has 1 fully saturated rings. The van der Waals surface area contributed by atoms with Gasteiger partial charge in [-0.1, -0.05) is 92.1 Å². The van der Waals surface area contributed by atoms with E-state index in [1.54, 1.807) is 0 Å². The number of amides is 1. The van der Waals surface area contributed by atoms with Gasteiger partial charge in [-0.05, 0) is 54.5 Å². The Morgan fingerprint density at radius 2 is 1.43 bits per heavy atom. The van der Waals surface area contributed by atoms with Crippen LogP contribution in [0.3, 0.4) is 0 Å². The van der Waals surface area contributed by atoms with Crippen molar-refractivity contribution in [2.45, 2.75) is 57.1 Å². The minimum absolute atomic E-state index is 0.135. The van der Waals surface area contributed by atoms with Gasteiger partial charge in [-0.2, -0.15) is 0 Å². The molecule has 1 aliphatic carbocycles. The predicted octanol–water partition coefficient (Wildman–Crippen LogP) is 5.25. The maximum atomic E-state index is 12.7. The molecule has 3 aromatic carbocycles. The number of carbonyl (C=O) groups excluding carboxylic acids is 1. The Bertz CT molecular complexity index is 1010. The molecule has 4 heteroatoms. The Kier molecular flexibility index (Phi) is 9.50. The topological polar surface area (TPSA) is 52.6 Å². The number of rotatable bonds is 11. The molecule has 0 spiro atoms. The van der Waals surface area contributed by atoms with E-state index in [1.165, 1.54) is 48.8 Å². The lowest BCUT2D eigenvalue weighted by Gasteiger charge is -2.35. The number of nitrogens with one attached hydrogen (secondary N) is 1. The average molecular weight is 471 g/mol. The SMILES string of the molecule is O=C(NCC(O)CN(CCc1ccccc1)C1CCCCC1)c1ccc(Cc2ccccc2)cc1. The van der Waals surface area contributed by atoms with Crippen LogP contribution in [0.5, 0.6) is 0 Å². The van der Waals surface area contributed by atoms with Crippen LogP contribution in [0, 0.1) is 0 Å². The maximum Gasteiger partial charge on any atom is 0.251 e. The highest BCUT2D eigenvalue weighted by molar-refractivity contribution is 5.94. The Morgan fingerprint density at radius 3 is 2.09 bits per heavy atom. The molecule has 2 N–H and O–H groups in total. The molecule has 1 amide bonds. The number of hydrogen-bond acceptors (Lipinski definition) is 3. The fourth-order valence-electron chi connectivity index (χ4n) is 5.04. The summed E-state index contributed by atoms with van der Waals surface area (Å²) in [6.07, 6.45) is 7.47. The van der Waals surface area contributed by atoms with E-state index in [4.69, 9.17) is 0 Å². The smallest absolute Gasteiger partial charge is 0.251 e. The second-order valence-corrected chi connectivity index (χ2v) is 9.75. The van der Waals surface area contributed by atoms with Gasteiger partial charge >= 0.3 is 0 Å². The van der Waals surface area contributed by atoms with Crippen molar-refractivity contribution in [1.29, 1.82) is 0 Å². The summed E-state index contributed by atoms with van der Waals surface area (Å²) in [7, 11) is 0. The van der Waals surface area contributed by atoms with Gasteiger partial charge in [0.1, 0.15) is 0 Å². The van der Waals surface area contributed by atoms with Crippen molar-refractivity contribution in [3.8, 4) is 0 Å². The van der Waals surface area contributed by atoms with E-state index < -0.39 is 6.10 Å². The molecular formula is C31H38N2O2. The number of carbonyl (C=O) groups is 1. The van der Waals surface area contributed by atoms with Crippen molar-refractivity contribution >= 4 is 5.91 Å². The van der Waals surface area contributed by atoms with Gasteiger partial charge in [-0.25, -0.2) is 0 Å². The van der Waals surface area contributed by atoms with Crippen molar-refractivity contribution in [3.05, 3.63) is 107 Å². The summed E-state index contributed by atoms with van der Waals surface area (Å²) in [4.78, 5) is 15.1. The van der Waals surface area contributed by atoms with Crippen LogP contribution in [-0.2, 0) is 12.8 Å². The van der Waals surface area contributed by atoms with E-state index in [9.17, 15) is 9.90 Å². The second-order valence-electron chi connectivity index (χ2n) is 9.75. The minimum atomic E-state index is -0.589. The van der Waals surface area contributed by atoms with Gasteiger partial charge in [0.05, 0.1) is 6.10 Å². The predicted molar refractivity (Wildman–Crippen MR) is 143 cm³/mol. The molecule has 4 nitrogen and oxygen atoms in total. The van der Waals surface area contributed by atoms with E-state index in [1.807, 2.05) is 48.5 Å². The monoisotopic (exact) mass is 470 g/mol. The lowest BCUT2D eigenvalue weighted by molar-refractivity contribution is 0.0687. The summed E-state index contributed by atoms with van der Waals surface area (Å²) in [6.45, 7) is 1.79. The molecule has 1 aliphatic rings. The van der Waals surface area contributed by atoms with Crippen molar-refractivity contribution in [2.75, 3.05) is 19.6 Å². The van der Waals surface area contributed by atoms with Gasteiger partial charge in [0.15, 0.2) is 0 Å². The Morgan fingerprint density at radius 1 is 0.829 bits per heavy atom. The van der Waals surface area contributed by atoms with Gasteiger partial charge in [0.2, 0.25) is 0 Å². The van der Waals surface area contributed by atoms with E-state index in [2.05, 4.69) is 46.6 Å². The molecule has 0 heterocycles. The molecule has 0 aromatic heterocycles. The number of hydrogen-bond donors (Lipinski definition) is 2. The zero-order valence-electron chi connectivity index (χ0n) is 20.6. The summed E-state index contributed by atoms with van der Waals surface area (Å²) < 4.78 is 0. The van der Waals surface area contributed by atoms with Crippen LogP contribution >= 0.6 is 0 Å². The van der Waals surface area contributed by atoms with Gasteiger partial charge in [-0.15, -0.1) is 0 Å². The maximum absolute atomic E-state index is 12.7. The normalized spacial score (nSPS) is 15.1. The molecule has 184 valence electrons. The third kappa shape index (κ3) is 8.05. The van der Waals surface area contributed by atoms with Gasteiger partial charge in [-0.3, -0.25) is 9.69 Å². The van der Waals surface area contributed by atoms with Crippen LogP contribution in [0.25, 0.3) is 0 Å². The molecular weight excluding hydrogens is 432 g/mol. The van der Waals surface area contributed by atoms with E-state index in [0.29, 0.717) is 18.2 Å². The average Bonchev–Trinajstić information content (AvgIpc) is 2.92. The van der Waals surface area contributed by atoms with E-state index in [-0.39, 0.29) is 12.5 Å². The number of nitrogens with zero attached hydrogens (tertiary/aromatic N) is 1. The molecule has 0 radical (unpaired) electrons. The highest BCUT2D eigenvalue weighted by atomic mass is 16.3.